The normalized spacial score (nSPS) is 20.4. The number of ether oxygens (including phenoxy) is 1. The molecule has 0 aliphatic carbocycles. The average molecular weight is 342 g/mol. The van der Waals surface area contributed by atoms with Gasteiger partial charge in [0, 0.05) is 36.7 Å². The summed E-state index contributed by atoms with van der Waals surface area (Å²) in [6.45, 7) is 7.64. The summed E-state index contributed by atoms with van der Waals surface area (Å²) >= 11 is 0. The number of nitrogens with zero attached hydrogens (tertiary/aromatic N) is 3. The topological polar surface area (TPSA) is 59.4 Å². The molecule has 1 fully saturated rings. The molecule has 2 aromatic rings. The van der Waals surface area contributed by atoms with Crippen molar-refractivity contribution >= 4 is 11.7 Å². The van der Waals surface area contributed by atoms with Gasteiger partial charge in [-0.15, -0.1) is 0 Å². The van der Waals surface area contributed by atoms with E-state index in [1.54, 1.807) is 13.3 Å². The molecule has 2 atom stereocenters. The van der Waals surface area contributed by atoms with E-state index in [9.17, 15) is 4.79 Å². The van der Waals surface area contributed by atoms with Crippen LogP contribution in [-0.2, 0) is 0 Å². The number of nitrogens with one attached hydrogen (secondary N) is 1. The number of imidazole rings is 1. The molecule has 6 nitrogen and oxygen atoms in total. The zero-order valence-electron chi connectivity index (χ0n) is 15.3. The summed E-state index contributed by atoms with van der Waals surface area (Å²) in [6, 6.07) is 4.15. The number of benzene rings is 1. The van der Waals surface area contributed by atoms with E-state index in [-0.39, 0.29) is 12.1 Å². The minimum atomic E-state index is -0.0623. The Morgan fingerprint density at radius 3 is 2.84 bits per heavy atom. The van der Waals surface area contributed by atoms with Gasteiger partial charge in [-0.2, -0.15) is 0 Å². The Morgan fingerprint density at radius 2 is 2.16 bits per heavy atom. The first-order valence-corrected chi connectivity index (χ1v) is 8.68. The van der Waals surface area contributed by atoms with Gasteiger partial charge in [-0.1, -0.05) is 6.92 Å². The van der Waals surface area contributed by atoms with E-state index in [1.165, 1.54) is 0 Å². The maximum absolute atomic E-state index is 12.8. The molecule has 2 amide bonds. The van der Waals surface area contributed by atoms with Crippen LogP contribution in [-0.4, -0.2) is 40.7 Å². The largest absolute Gasteiger partial charge is 0.496 e. The molecule has 1 aromatic heterocycles. The summed E-state index contributed by atoms with van der Waals surface area (Å²) in [6.07, 6.45) is 6.57. The lowest BCUT2D eigenvalue weighted by Gasteiger charge is -2.37. The van der Waals surface area contributed by atoms with Crippen molar-refractivity contribution in [1.82, 2.24) is 14.5 Å². The van der Waals surface area contributed by atoms with Crippen LogP contribution in [0.5, 0.6) is 5.75 Å². The van der Waals surface area contributed by atoms with Crippen LogP contribution in [0.2, 0.25) is 0 Å². The molecule has 1 aliphatic rings. The van der Waals surface area contributed by atoms with E-state index in [0.29, 0.717) is 12.5 Å². The zero-order valence-corrected chi connectivity index (χ0v) is 15.3. The number of likely N-dealkylation sites (tertiary alicyclic amines) is 1. The quantitative estimate of drug-likeness (QED) is 0.927. The molecule has 6 heteroatoms. The molecule has 1 aliphatic heterocycles. The fourth-order valence-corrected chi connectivity index (χ4v) is 3.45. The Balaban J connectivity index is 1.74. The third-order valence-corrected chi connectivity index (χ3v) is 5.08. The number of anilines is 1. The molecule has 1 aromatic carbocycles. The molecule has 1 saturated heterocycles. The number of hydrogen-bond donors (Lipinski definition) is 1. The van der Waals surface area contributed by atoms with Gasteiger partial charge >= 0.3 is 6.03 Å². The predicted octanol–water partition coefficient (Wildman–Crippen LogP) is 3.62. The summed E-state index contributed by atoms with van der Waals surface area (Å²) in [5.74, 6) is 1.30. The maximum Gasteiger partial charge on any atom is 0.321 e. The number of piperidine rings is 1. The maximum atomic E-state index is 12.8. The SMILES string of the molecule is COc1cc(C)cc(NC(=O)N2CC[C@H](C)[C@@H](n3ccnc3)C2)c1C. The first-order valence-electron chi connectivity index (χ1n) is 8.68. The number of methoxy groups -OCH3 is 1. The van der Waals surface area contributed by atoms with E-state index >= 15 is 0 Å². The molecular formula is C19H26N4O2. The standard InChI is InChI=1S/C19H26N4O2/c1-13-9-16(15(3)18(10-13)25-4)21-19(24)22-7-5-14(2)17(11-22)23-8-6-20-12-23/h6,8-10,12,14,17H,5,7,11H2,1-4H3,(H,21,24)/t14-,17-/m0/s1. The summed E-state index contributed by atoms with van der Waals surface area (Å²) in [5.41, 5.74) is 2.80. The molecule has 0 spiro atoms. The lowest BCUT2D eigenvalue weighted by Crippen LogP contribution is -2.45. The highest BCUT2D eigenvalue weighted by atomic mass is 16.5. The second-order valence-corrected chi connectivity index (χ2v) is 6.86. The van der Waals surface area contributed by atoms with Crippen molar-refractivity contribution in [1.29, 1.82) is 0 Å². The molecule has 3 rings (SSSR count). The number of hydrogen-bond acceptors (Lipinski definition) is 3. The molecule has 0 saturated carbocycles. The Kier molecular flexibility index (Phi) is 4.97. The lowest BCUT2D eigenvalue weighted by atomic mass is 9.93. The van der Waals surface area contributed by atoms with Gasteiger partial charge in [-0.05, 0) is 43.9 Å². The fourth-order valence-electron chi connectivity index (χ4n) is 3.45. The first kappa shape index (κ1) is 17.3. The molecule has 134 valence electrons. The third kappa shape index (κ3) is 3.62. The number of aryl methyl sites for hydroxylation is 1. The monoisotopic (exact) mass is 342 g/mol. The van der Waals surface area contributed by atoms with Crippen LogP contribution in [0, 0.1) is 19.8 Å². The number of rotatable bonds is 3. The number of carbonyl (C=O) groups is 1. The Labute approximate surface area is 148 Å². The molecule has 0 unspecified atom stereocenters. The van der Waals surface area contributed by atoms with Crippen LogP contribution in [0.3, 0.4) is 0 Å². The fraction of sp³-hybridized carbons (Fsp3) is 0.474. The number of carbonyl (C=O) groups excluding carboxylic acids is 1. The highest BCUT2D eigenvalue weighted by Gasteiger charge is 2.30. The summed E-state index contributed by atoms with van der Waals surface area (Å²) in [5, 5.41) is 3.06. The second kappa shape index (κ2) is 7.17. The van der Waals surface area contributed by atoms with Gasteiger partial charge in [-0.3, -0.25) is 0 Å². The highest BCUT2D eigenvalue weighted by molar-refractivity contribution is 5.90. The highest BCUT2D eigenvalue weighted by Crippen LogP contribution is 2.30. The van der Waals surface area contributed by atoms with Crippen molar-refractivity contribution in [2.24, 2.45) is 5.92 Å². The summed E-state index contributed by atoms with van der Waals surface area (Å²) in [4.78, 5) is 18.8. The van der Waals surface area contributed by atoms with E-state index in [2.05, 4.69) is 21.8 Å². The van der Waals surface area contributed by atoms with Gasteiger partial charge in [0.15, 0.2) is 0 Å². The Morgan fingerprint density at radius 1 is 1.36 bits per heavy atom. The Hall–Kier alpha value is -2.50. The summed E-state index contributed by atoms with van der Waals surface area (Å²) < 4.78 is 7.50. The van der Waals surface area contributed by atoms with Gasteiger partial charge in [0.25, 0.3) is 0 Å². The van der Waals surface area contributed by atoms with Gasteiger partial charge in [-0.25, -0.2) is 9.78 Å². The zero-order chi connectivity index (χ0) is 18.0. The van der Waals surface area contributed by atoms with Crippen molar-refractivity contribution in [3.63, 3.8) is 0 Å². The van der Waals surface area contributed by atoms with Crippen LogP contribution in [0.4, 0.5) is 10.5 Å². The molecule has 0 bridgehead atoms. The molecule has 1 N–H and O–H groups in total. The van der Waals surface area contributed by atoms with Gasteiger partial charge in [0.05, 0.1) is 19.5 Å². The van der Waals surface area contributed by atoms with Crippen molar-refractivity contribution < 1.29 is 9.53 Å². The molecule has 25 heavy (non-hydrogen) atoms. The van der Waals surface area contributed by atoms with Crippen LogP contribution >= 0.6 is 0 Å². The first-order chi connectivity index (χ1) is 12.0. The minimum Gasteiger partial charge on any atom is -0.496 e. The van der Waals surface area contributed by atoms with E-state index in [0.717, 1.165) is 35.5 Å². The Bertz CT molecular complexity index is 742. The second-order valence-electron chi connectivity index (χ2n) is 6.86. The van der Waals surface area contributed by atoms with Gasteiger partial charge in [0.2, 0.25) is 0 Å². The van der Waals surface area contributed by atoms with Crippen molar-refractivity contribution in [3.05, 3.63) is 42.0 Å². The number of urea groups is 1. The summed E-state index contributed by atoms with van der Waals surface area (Å²) in [7, 11) is 1.65. The number of aromatic nitrogens is 2. The van der Waals surface area contributed by atoms with Gasteiger partial charge in [0.1, 0.15) is 5.75 Å². The van der Waals surface area contributed by atoms with Crippen LogP contribution in [0.25, 0.3) is 0 Å². The van der Waals surface area contributed by atoms with E-state index in [1.807, 2.05) is 43.4 Å². The molecular weight excluding hydrogens is 316 g/mol. The predicted molar refractivity (Wildman–Crippen MR) is 98.1 cm³/mol. The molecule has 0 radical (unpaired) electrons. The van der Waals surface area contributed by atoms with Crippen molar-refractivity contribution in [2.45, 2.75) is 33.2 Å². The van der Waals surface area contributed by atoms with Crippen LogP contribution < -0.4 is 10.1 Å². The lowest BCUT2D eigenvalue weighted by molar-refractivity contribution is 0.149. The molecule has 2 heterocycles. The van der Waals surface area contributed by atoms with Crippen LogP contribution in [0.15, 0.2) is 30.9 Å². The average Bonchev–Trinajstić information content (AvgIpc) is 3.12. The smallest absolute Gasteiger partial charge is 0.321 e. The number of amides is 2. The van der Waals surface area contributed by atoms with Gasteiger partial charge < -0.3 is 19.5 Å². The van der Waals surface area contributed by atoms with E-state index < -0.39 is 0 Å². The minimum absolute atomic E-state index is 0.0623. The van der Waals surface area contributed by atoms with E-state index in [4.69, 9.17) is 4.74 Å². The van der Waals surface area contributed by atoms with Crippen molar-refractivity contribution in [2.75, 3.05) is 25.5 Å². The third-order valence-electron chi connectivity index (χ3n) is 5.08. The van der Waals surface area contributed by atoms with Crippen LogP contribution in [0.1, 0.15) is 30.5 Å². The van der Waals surface area contributed by atoms with Crippen molar-refractivity contribution in [3.8, 4) is 5.75 Å².